The summed E-state index contributed by atoms with van der Waals surface area (Å²) >= 11 is 6.02. The van der Waals surface area contributed by atoms with Crippen LogP contribution in [-0.2, 0) is 4.79 Å². The number of rotatable bonds is 2. The van der Waals surface area contributed by atoms with Crippen LogP contribution < -0.4 is 4.90 Å². The molecule has 1 unspecified atom stereocenters. The van der Waals surface area contributed by atoms with E-state index in [0.717, 1.165) is 11.3 Å². The molecule has 1 aliphatic rings. The average Bonchev–Trinajstić information content (AvgIpc) is 2.79. The van der Waals surface area contributed by atoms with Crippen LogP contribution in [0, 0.1) is 0 Å². The molecular weight excluding hydrogens is 258 g/mol. The van der Waals surface area contributed by atoms with E-state index in [1.165, 1.54) is 5.56 Å². The van der Waals surface area contributed by atoms with Crippen molar-refractivity contribution in [1.82, 2.24) is 0 Å². The van der Waals surface area contributed by atoms with Gasteiger partial charge in [0.2, 0.25) is 5.91 Å². The topological polar surface area (TPSA) is 20.3 Å². The monoisotopic (exact) mass is 271 g/mol. The molecule has 0 N–H and O–H groups in total. The molecule has 0 radical (unpaired) electrons. The van der Waals surface area contributed by atoms with Crippen molar-refractivity contribution in [2.24, 2.45) is 0 Å². The zero-order chi connectivity index (χ0) is 13.2. The molecule has 19 heavy (non-hydrogen) atoms. The number of hydrogen-bond acceptors (Lipinski definition) is 1. The highest BCUT2D eigenvalue weighted by molar-refractivity contribution is 6.24. The van der Waals surface area contributed by atoms with Crippen LogP contribution in [0.2, 0.25) is 0 Å². The predicted molar refractivity (Wildman–Crippen MR) is 78.5 cm³/mol. The van der Waals surface area contributed by atoms with Crippen molar-refractivity contribution in [1.29, 1.82) is 0 Å². The molecule has 1 atom stereocenters. The largest absolute Gasteiger partial charge is 0.311 e. The number of nitrogens with zero attached hydrogens (tertiary/aromatic N) is 1. The maximum Gasteiger partial charge on any atom is 0.228 e. The van der Waals surface area contributed by atoms with Crippen LogP contribution in [-0.4, -0.2) is 17.8 Å². The van der Waals surface area contributed by atoms with Crippen molar-refractivity contribution in [2.75, 3.05) is 11.4 Å². The SMILES string of the molecule is O=C1CC(Cl)CN1c1ccc(-c2ccccc2)cc1. The number of benzene rings is 2. The second kappa shape index (κ2) is 5.06. The third-order valence-corrected chi connectivity index (χ3v) is 3.66. The molecule has 1 saturated heterocycles. The van der Waals surface area contributed by atoms with E-state index in [1.54, 1.807) is 4.90 Å². The van der Waals surface area contributed by atoms with Crippen LogP contribution in [0.3, 0.4) is 0 Å². The Balaban J connectivity index is 1.86. The quantitative estimate of drug-likeness (QED) is 0.763. The molecule has 3 rings (SSSR count). The van der Waals surface area contributed by atoms with Gasteiger partial charge in [-0.2, -0.15) is 0 Å². The van der Waals surface area contributed by atoms with Crippen LogP contribution >= 0.6 is 11.6 Å². The van der Waals surface area contributed by atoms with Gasteiger partial charge >= 0.3 is 0 Å². The summed E-state index contributed by atoms with van der Waals surface area (Å²) in [5, 5.41) is -0.0682. The summed E-state index contributed by atoms with van der Waals surface area (Å²) in [6, 6.07) is 18.2. The minimum Gasteiger partial charge on any atom is -0.311 e. The van der Waals surface area contributed by atoms with Crippen LogP contribution in [0.5, 0.6) is 0 Å². The van der Waals surface area contributed by atoms with Crippen molar-refractivity contribution in [3.63, 3.8) is 0 Å². The number of hydrogen-bond donors (Lipinski definition) is 0. The third kappa shape index (κ3) is 2.49. The molecule has 0 saturated carbocycles. The van der Waals surface area contributed by atoms with Crippen LogP contribution in [0.15, 0.2) is 54.6 Å². The number of anilines is 1. The fourth-order valence-electron chi connectivity index (χ4n) is 2.38. The first-order chi connectivity index (χ1) is 9.24. The summed E-state index contributed by atoms with van der Waals surface area (Å²) in [6.07, 6.45) is 0.433. The zero-order valence-corrected chi connectivity index (χ0v) is 11.2. The van der Waals surface area contributed by atoms with Crippen LogP contribution in [0.4, 0.5) is 5.69 Å². The molecule has 1 heterocycles. The van der Waals surface area contributed by atoms with Gasteiger partial charge in [-0.3, -0.25) is 4.79 Å². The number of amides is 1. The molecular formula is C16H14ClNO. The van der Waals surface area contributed by atoms with E-state index in [1.807, 2.05) is 42.5 Å². The van der Waals surface area contributed by atoms with Gasteiger partial charge in [0, 0.05) is 18.7 Å². The van der Waals surface area contributed by atoms with Gasteiger partial charge in [0.05, 0.1) is 5.38 Å². The fourth-order valence-corrected chi connectivity index (χ4v) is 2.65. The highest BCUT2D eigenvalue weighted by atomic mass is 35.5. The van der Waals surface area contributed by atoms with Crippen LogP contribution in [0.25, 0.3) is 11.1 Å². The lowest BCUT2D eigenvalue weighted by Gasteiger charge is -2.16. The molecule has 0 spiro atoms. The minimum absolute atomic E-state index is 0.0682. The molecule has 96 valence electrons. The first-order valence-corrected chi connectivity index (χ1v) is 6.77. The lowest BCUT2D eigenvalue weighted by Crippen LogP contribution is -2.24. The minimum atomic E-state index is -0.0682. The van der Waals surface area contributed by atoms with Crippen molar-refractivity contribution in [3.05, 3.63) is 54.6 Å². The Morgan fingerprint density at radius 1 is 0.947 bits per heavy atom. The second-order valence-corrected chi connectivity index (χ2v) is 5.34. The first-order valence-electron chi connectivity index (χ1n) is 6.34. The molecule has 0 aliphatic carbocycles. The predicted octanol–water partition coefficient (Wildman–Crippen LogP) is 3.70. The molecule has 2 aromatic carbocycles. The Morgan fingerprint density at radius 2 is 1.58 bits per heavy atom. The summed E-state index contributed by atoms with van der Waals surface area (Å²) in [5.74, 6) is 0.104. The van der Waals surface area contributed by atoms with Gasteiger partial charge in [-0.05, 0) is 23.3 Å². The summed E-state index contributed by atoms with van der Waals surface area (Å²) in [4.78, 5) is 13.5. The molecule has 1 amide bonds. The van der Waals surface area contributed by atoms with Gasteiger partial charge in [-0.15, -0.1) is 11.6 Å². The zero-order valence-electron chi connectivity index (χ0n) is 10.4. The molecule has 1 fully saturated rings. The molecule has 1 aliphatic heterocycles. The standard InChI is InChI=1S/C16H14ClNO/c17-14-10-16(19)18(11-14)15-8-6-13(7-9-15)12-4-2-1-3-5-12/h1-9,14H,10-11H2. The summed E-state index contributed by atoms with van der Waals surface area (Å²) < 4.78 is 0. The third-order valence-electron chi connectivity index (χ3n) is 3.36. The molecule has 2 aromatic rings. The lowest BCUT2D eigenvalue weighted by atomic mass is 10.1. The Hall–Kier alpha value is -1.80. The smallest absolute Gasteiger partial charge is 0.228 e. The number of carbonyl (C=O) groups is 1. The van der Waals surface area contributed by atoms with E-state index in [9.17, 15) is 4.79 Å². The Morgan fingerprint density at radius 3 is 2.16 bits per heavy atom. The Kier molecular flexibility index (Phi) is 3.26. The highest BCUT2D eigenvalue weighted by Crippen LogP contribution is 2.27. The normalized spacial score (nSPS) is 18.9. The average molecular weight is 272 g/mol. The number of alkyl halides is 1. The van der Waals surface area contributed by atoms with E-state index < -0.39 is 0 Å². The van der Waals surface area contributed by atoms with Crippen molar-refractivity contribution < 1.29 is 4.79 Å². The van der Waals surface area contributed by atoms with Crippen molar-refractivity contribution in [3.8, 4) is 11.1 Å². The van der Waals surface area contributed by atoms with Gasteiger partial charge < -0.3 is 4.90 Å². The second-order valence-electron chi connectivity index (χ2n) is 4.72. The molecule has 0 bridgehead atoms. The van der Waals surface area contributed by atoms with E-state index in [-0.39, 0.29) is 11.3 Å². The van der Waals surface area contributed by atoms with Gasteiger partial charge in [0.1, 0.15) is 0 Å². The van der Waals surface area contributed by atoms with Crippen molar-refractivity contribution in [2.45, 2.75) is 11.8 Å². The first kappa shape index (κ1) is 12.2. The van der Waals surface area contributed by atoms with Crippen LogP contribution in [0.1, 0.15) is 6.42 Å². The maximum atomic E-state index is 11.8. The van der Waals surface area contributed by atoms with Gasteiger partial charge in [-0.25, -0.2) is 0 Å². The van der Waals surface area contributed by atoms with E-state index in [2.05, 4.69) is 12.1 Å². The van der Waals surface area contributed by atoms with E-state index in [0.29, 0.717) is 13.0 Å². The maximum absolute atomic E-state index is 11.8. The number of carbonyl (C=O) groups excluding carboxylic acids is 1. The summed E-state index contributed by atoms with van der Waals surface area (Å²) in [7, 11) is 0. The lowest BCUT2D eigenvalue weighted by molar-refractivity contribution is -0.117. The van der Waals surface area contributed by atoms with Crippen molar-refractivity contribution >= 4 is 23.2 Å². The number of halogens is 1. The van der Waals surface area contributed by atoms with Gasteiger partial charge in [0.25, 0.3) is 0 Å². The fraction of sp³-hybridized carbons (Fsp3) is 0.188. The summed E-state index contributed by atoms with van der Waals surface area (Å²) in [6.45, 7) is 0.602. The van der Waals surface area contributed by atoms with Gasteiger partial charge in [0.15, 0.2) is 0 Å². The highest BCUT2D eigenvalue weighted by Gasteiger charge is 2.28. The summed E-state index contributed by atoms with van der Waals surface area (Å²) in [5.41, 5.74) is 3.25. The van der Waals surface area contributed by atoms with E-state index in [4.69, 9.17) is 11.6 Å². The Labute approximate surface area is 117 Å². The van der Waals surface area contributed by atoms with Gasteiger partial charge in [-0.1, -0.05) is 42.5 Å². The molecule has 0 aromatic heterocycles. The molecule has 3 heteroatoms. The molecule has 2 nitrogen and oxygen atoms in total. The van der Waals surface area contributed by atoms with E-state index >= 15 is 0 Å². The Bertz CT molecular complexity index is 579.